The average Bonchev–Trinajstić information content (AvgIpc) is 2.22. The SMILES string of the molecule is Cc1ccc(C)c(SCCCCC(=O)O)c1. The summed E-state index contributed by atoms with van der Waals surface area (Å²) in [7, 11) is 0. The molecule has 0 bridgehead atoms. The van der Waals surface area contributed by atoms with Gasteiger partial charge in [0.15, 0.2) is 0 Å². The van der Waals surface area contributed by atoms with Crippen LogP contribution in [0.5, 0.6) is 0 Å². The van der Waals surface area contributed by atoms with Crippen LogP contribution in [0.4, 0.5) is 0 Å². The molecular formula is C13H18O2S. The molecule has 1 rings (SSSR count). The molecule has 0 aliphatic heterocycles. The fourth-order valence-corrected chi connectivity index (χ4v) is 2.56. The van der Waals surface area contributed by atoms with Gasteiger partial charge in [-0.1, -0.05) is 17.7 Å². The molecule has 0 atom stereocenters. The topological polar surface area (TPSA) is 37.3 Å². The molecule has 88 valence electrons. The number of benzene rings is 1. The lowest BCUT2D eigenvalue weighted by Crippen LogP contribution is -1.94. The maximum Gasteiger partial charge on any atom is 0.303 e. The van der Waals surface area contributed by atoms with Crippen LogP contribution >= 0.6 is 11.8 Å². The van der Waals surface area contributed by atoms with Gasteiger partial charge in [-0.2, -0.15) is 0 Å². The standard InChI is InChI=1S/C13H18O2S/c1-10-6-7-11(2)12(9-10)16-8-4-3-5-13(14)15/h6-7,9H,3-5,8H2,1-2H3,(H,14,15). The van der Waals surface area contributed by atoms with Crippen molar-refractivity contribution >= 4 is 17.7 Å². The second kappa shape index (κ2) is 6.59. The van der Waals surface area contributed by atoms with E-state index in [1.807, 2.05) is 11.8 Å². The molecule has 2 nitrogen and oxygen atoms in total. The van der Waals surface area contributed by atoms with E-state index in [0.29, 0.717) is 0 Å². The lowest BCUT2D eigenvalue weighted by Gasteiger charge is -2.06. The second-order valence-electron chi connectivity index (χ2n) is 3.97. The third-order valence-corrected chi connectivity index (χ3v) is 3.63. The Labute approximate surface area is 101 Å². The van der Waals surface area contributed by atoms with Crippen molar-refractivity contribution in [2.45, 2.75) is 38.0 Å². The van der Waals surface area contributed by atoms with Gasteiger partial charge in [-0.15, -0.1) is 11.8 Å². The van der Waals surface area contributed by atoms with Gasteiger partial charge in [0, 0.05) is 11.3 Å². The summed E-state index contributed by atoms with van der Waals surface area (Å²) in [6, 6.07) is 6.44. The van der Waals surface area contributed by atoms with Gasteiger partial charge in [0.1, 0.15) is 0 Å². The quantitative estimate of drug-likeness (QED) is 0.607. The molecule has 0 aliphatic rings. The van der Waals surface area contributed by atoms with Crippen LogP contribution in [0.25, 0.3) is 0 Å². The fraction of sp³-hybridized carbons (Fsp3) is 0.462. The molecule has 0 fully saturated rings. The summed E-state index contributed by atoms with van der Waals surface area (Å²) in [5, 5.41) is 8.50. The molecule has 0 aliphatic carbocycles. The highest BCUT2D eigenvalue weighted by Gasteiger charge is 2.00. The summed E-state index contributed by atoms with van der Waals surface area (Å²) in [6.07, 6.45) is 2.02. The maximum atomic E-state index is 10.3. The van der Waals surface area contributed by atoms with E-state index in [0.717, 1.165) is 18.6 Å². The average molecular weight is 238 g/mol. The van der Waals surface area contributed by atoms with E-state index >= 15 is 0 Å². The van der Waals surface area contributed by atoms with Gasteiger partial charge in [0.25, 0.3) is 0 Å². The molecule has 0 saturated carbocycles. The van der Waals surface area contributed by atoms with Crippen LogP contribution in [0.3, 0.4) is 0 Å². The van der Waals surface area contributed by atoms with Gasteiger partial charge in [0.05, 0.1) is 0 Å². The van der Waals surface area contributed by atoms with Crippen molar-refractivity contribution in [3.8, 4) is 0 Å². The van der Waals surface area contributed by atoms with Crippen LogP contribution in [0.15, 0.2) is 23.1 Å². The van der Waals surface area contributed by atoms with E-state index in [1.165, 1.54) is 16.0 Å². The number of carbonyl (C=O) groups is 1. The second-order valence-corrected chi connectivity index (χ2v) is 5.11. The fourth-order valence-electron chi connectivity index (χ4n) is 1.42. The Kier molecular flexibility index (Phi) is 5.39. The highest BCUT2D eigenvalue weighted by Crippen LogP contribution is 2.24. The molecule has 0 aromatic heterocycles. The molecule has 0 unspecified atom stereocenters. The number of carboxylic acid groups (broad SMARTS) is 1. The third kappa shape index (κ3) is 4.71. The van der Waals surface area contributed by atoms with E-state index in [9.17, 15) is 4.79 Å². The summed E-state index contributed by atoms with van der Waals surface area (Å²) in [4.78, 5) is 11.6. The lowest BCUT2D eigenvalue weighted by atomic mass is 10.2. The van der Waals surface area contributed by atoms with Gasteiger partial charge >= 0.3 is 5.97 Å². The predicted molar refractivity (Wildman–Crippen MR) is 68.1 cm³/mol. The van der Waals surface area contributed by atoms with Gasteiger partial charge in [-0.05, 0) is 44.1 Å². The smallest absolute Gasteiger partial charge is 0.303 e. The van der Waals surface area contributed by atoms with Crippen LogP contribution in [-0.2, 0) is 4.79 Å². The maximum absolute atomic E-state index is 10.3. The summed E-state index contributed by atoms with van der Waals surface area (Å²) in [5.41, 5.74) is 2.58. The number of hydrogen-bond acceptors (Lipinski definition) is 2. The summed E-state index contributed by atoms with van der Waals surface area (Å²) < 4.78 is 0. The van der Waals surface area contributed by atoms with Gasteiger partial charge in [-0.3, -0.25) is 4.79 Å². The minimum atomic E-state index is -0.697. The molecule has 0 spiro atoms. The van der Waals surface area contributed by atoms with E-state index in [4.69, 9.17) is 5.11 Å². The van der Waals surface area contributed by atoms with Crippen LogP contribution in [0, 0.1) is 13.8 Å². The van der Waals surface area contributed by atoms with Crippen molar-refractivity contribution < 1.29 is 9.90 Å². The van der Waals surface area contributed by atoms with Crippen molar-refractivity contribution in [1.82, 2.24) is 0 Å². The molecule has 3 heteroatoms. The zero-order chi connectivity index (χ0) is 12.0. The summed E-state index contributed by atoms with van der Waals surface area (Å²) in [5.74, 6) is 0.300. The van der Waals surface area contributed by atoms with E-state index in [-0.39, 0.29) is 6.42 Å². The molecule has 1 aromatic rings. The van der Waals surface area contributed by atoms with Gasteiger partial charge < -0.3 is 5.11 Å². The number of rotatable bonds is 6. The first kappa shape index (κ1) is 13.1. The Morgan fingerprint density at radius 3 is 2.75 bits per heavy atom. The molecule has 0 radical (unpaired) electrons. The van der Waals surface area contributed by atoms with Crippen LogP contribution in [-0.4, -0.2) is 16.8 Å². The molecular weight excluding hydrogens is 220 g/mol. The zero-order valence-corrected chi connectivity index (χ0v) is 10.6. The van der Waals surface area contributed by atoms with Crippen molar-refractivity contribution in [3.63, 3.8) is 0 Å². The van der Waals surface area contributed by atoms with Crippen LogP contribution < -0.4 is 0 Å². The molecule has 16 heavy (non-hydrogen) atoms. The monoisotopic (exact) mass is 238 g/mol. The highest BCUT2D eigenvalue weighted by molar-refractivity contribution is 7.99. The minimum absolute atomic E-state index is 0.285. The number of thioether (sulfide) groups is 1. The van der Waals surface area contributed by atoms with Crippen LogP contribution in [0.2, 0.25) is 0 Å². The third-order valence-electron chi connectivity index (χ3n) is 2.39. The molecule has 1 aromatic carbocycles. The van der Waals surface area contributed by atoms with Crippen molar-refractivity contribution in [1.29, 1.82) is 0 Å². The van der Waals surface area contributed by atoms with Gasteiger partial charge in [-0.25, -0.2) is 0 Å². The van der Waals surface area contributed by atoms with Crippen molar-refractivity contribution in [2.75, 3.05) is 5.75 Å². The number of carboxylic acids is 1. The highest BCUT2D eigenvalue weighted by atomic mass is 32.2. The number of hydrogen-bond donors (Lipinski definition) is 1. The number of aliphatic carboxylic acids is 1. The van der Waals surface area contributed by atoms with Crippen molar-refractivity contribution in [2.24, 2.45) is 0 Å². The number of aryl methyl sites for hydroxylation is 2. The molecule has 1 N–H and O–H groups in total. The lowest BCUT2D eigenvalue weighted by molar-refractivity contribution is -0.137. The first-order valence-corrected chi connectivity index (χ1v) is 6.50. The van der Waals surface area contributed by atoms with E-state index < -0.39 is 5.97 Å². The molecule has 0 heterocycles. The molecule has 0 amide bonds. The van der Waals surface area contributed by atoms with Crippen molar-refractivity contribution in [3.05, 3.63) is 29.3 Å². The van der Waals surface area contributed by atoms with E-state index in [2.05, 4.69) is 32.0 Å². The Balaban J connectivity index is 2.31. The Morgan fingerprint density at radius 1 is 1.31 bits per heavy atom. The van der Waals surface area contributed by atoms with E-state index in [1.54, 1.807) is 0 Å². The Bertz CT molecular complexity index is 361. The Hall–Kier alpha value is -0.960. The van der Waals surface area contributed by atoms with Gasteiger partial charge in [0.2, 0.25) is 0 Å². The predicted octanol–water partition coefficient (Wildman–Crippen LogP) is 3.65. The zero-order valence-electron chi connectivity index (χ0n) is 9.82. The normalized spacial score (nSPS) is 10.4. The largest absolute Gasteiger partial charge is 0.481 e. The summed E-state index contributed by atoms with van der Waals surface area (Å²) in [6.45, 7) is 4.20. The first-order chi connectivity index (χ1) is 7.59. The molecule has 0 saturated heterocycles. The van der Waals surface area contributed by atoms with Crippen LogP contribution in [0.1, 0.15) is 30.4 Å². The number of unbranched alkanes of at least 4 members (excludes halogenated alkanes) is 1. The Morgan fingerprint density at radius 2 is 2.06 bits per heavy atom. The first-order valence-electron chi connectivity index (χ1n) is 5.51. The minimum Gasteiger partial charge on any atom is -0.481 e. The summed E-state index contributed by atoms with van der Waals surface area (Å²) >= 11 is 1.82.